The topological polar surface area (TPSA) is 75.2 Å². The molecule has 1 aromatic carbocycles. The molecule has 1 aromatic heterocycles. The molecule has 6 heteroatoms. The lowest BCUT2D eigenvalue weighted by Gasteiger charge is -2.11. The summed E-state index contributed by atoms with van der Waals surface area (Å²) in [5, 5.41) is 8.00. The minimum atomic E-state index is -0.108. The third-order valence-corrected chi connectivity index (χ3v) is 2.75. The zero-order valence-electron chi connectivity index (χ0n) is 11.8. The zero-order chi connectivity index (χ0) is 14.4. The molecule has 1 unspecified atom stereocenters. The summed E-state index contributed by atoms with van der Waals surface area (Å²) in [6, 6.07) is 7.51. The van der Waals surface area contributed by atoms with Gasteiger partial charge in [0, 0.05) is 6.04 Å². The first-order chi connectivity index (χ1) is 9.70. The average Bonchev–Trinajstić information content (AvgIpc) is 2.90. The molecular weight excluding hydrogens is 256 g/mol. The highest BCUT2D eigenvalue weighted by atomic mass is 16.5. The van der Waals surface area contributed by atoms with E-state index in [1.165, 1.54) is 0 Å². The zero-order valence-corrected chi connectivity index (χ0v) is 11.8. The molecule has 0 amide bonds. The summed E-state index contributed by atoms with van der Waals surface area (Å²) in [5.41, 5.74) is 6.51. The fraction of sp³-hybridized carbons (Fsp3) is 0.429. The number of para-hydroxylation sites is 2. The summed E-state index contributed by atoms with van der Waals surface area (Å²) in [7, 11) is 0. The van der Waals surface area contributed by atoms with Gasteiger partial charge in [-0.05, 0) is 26.0 Å². The van der Waals surface area contributed by atoms with E-state index in [9.17, 15) is 0 Å². The van der Waals surface area contributed by atoms with Gasteiger partial charge < -0.3 is 15.2 Å². The highest BCUT2D eigenvalue weighted by molar-refractivity contribution is 5.39. The molecule has 0 saturated heterocycles. The van der Waals surface area contributed by atoms with Crippen LogP contribution in [0.2, 0.25) is 0 Å². The minimum Gasteiger partial charge on any atom is -0.490 e. The number of hydrogen-bond acceptors (Lipinski definition) is 5. The van der Waals surface area contributed by atoms with E-state index < -0.39 is 0 Å². The Bertz CT molecular complexity index is 539. The molecule has 0 fully saturated rings. The van der Waals surface area contributed by atoms with Crippen molar-refractivity contribution in [3.63, 3.8) is 0 Å². The fourth-order valence-corrected chi connectivity index (χ4v) is 1.72. The molecule has 1 atom stereocenters. The van der Waals surface area contributed by atoms with Crippen molar-refractivity contribution in [3.05, 3.63) is 36.2 Å². The summed E-state index contributed by atoms with van der Waals surface area (Å²) < 4.78 is 12.9. The van der Waals surface area contributed by atoms with Gasteiger partial charge in [0.2, 0.25) is 0 Å². The van der Waals surface area contributed by atoms with Crippen LogP contribution >= 0.6 is 0 Å². The van der Waals surface area contributed by atoms with E-state index in [0.717, 1.165) is 17.2 Å². The highest BCUT2D eigenvalue weighted by Crippen LogP contribution is 2.26. The summed E-state index contributed by atoms with van der Waals surface area (Å²) in [4.78, 5) is 0. The molecule has 1 heterocycles. The van der Waals surface area contributed by atoms with E-state index in [1.807, 2.05) is 44.3 Å². The Morgan fingerprint density at radius 1 is 1.25 bits per heavy atom. The molecule has 6 nitrogen and oxygen atoms in total. The molecule has 0 aliphatic carbocycles. The predicted octanol–water partition coefficient (Wildman–Crippen LogP) is 1.78. The molecular formula is C14H20N4O2. The first kappa shape index (κ1) is 14.3. The van der Waals surface area contributed by atoms with Crippen LogP contribution in [0.25, 0.3) is 0 Å². The fourth-order valence-electron chi connectivity index (χ4n) is 1.72. The Labute approximate surface area is 118 Å². The van der Waals surface area contributed by atoms with Crippen LogP contribution in [0.3, 0.4) is 0 Å². The first-order valence-corrected chi connectivity index (χ1v) is 6.71. The van der Waals surface area contributed by atoms with Gasteiger partial charge in [0.15, 0.2) is 11.5 Å². The minimum absolute atomic E-state index is 0.108. The average molecular weight is 276 g/mol. The molecule has 20 heavy (non-hydrogen) atoms. The predicted molar refractivity (Wildman–Crippen MR) is 75.7 cm³/mol. The molecule has 2 N–H and O–H groups in total. The Morgan fingerprint density at radius 2 is 1.95 bits per heavy atom. The molecule has 0 bridgehead atoms. The van der Waals surface area contributed by atoms with Crippen LogP contribution < -0.4 is 15.2 Å². The number of nitrogens with two attached hydrogens (primary N) is 1. The van der Waals surface area contributed by atoms with Crippen LogP contribution in [0.1, 0.15) is 25.6 Å². The van der Waals surface area contributed by atoms with Gasteiger partial charge in [-0.1, -0.05) is 17.3 Å². The van der Waals surface area contributed by atoms with Gasteiger partial charge in [0.1, 0.15) is 6.61 Å². The first-order valence-electron chi connectivity index (χ1n) is 6.71. The molecule has 2 aromatic rings. The van der Waals surface area contributed by atoms with Gasteiger partial charge in [-0.25, -0.2) is 4.68 Å². The molecule has 0 spiro atoms. The van der Waals surface area contributed by atoms with Crippen LogP contribution in [-0.2, 0) is 6.54 Å². The van der Waals surface area contributed by atoms with Crippen LogP contribution in [-0.4, -0.2) is 28.2 Å². The summed E-state index contributed by atoms with van der Waals surface area (Å²) >= 11 is 0. The maximum absolute atomic E-state index is 5.74. The number of hydrogen-bond donors (Lipinski definition) is 1. The molecule has 0 saturated carbocycles. The Morgan fingerprint density at radius 3 is 2.55 bits per heavy atom. The van der Waals surface area contributed by atoms with E-state index in [2.05, 4.69) is 10.3 Å². The summed E-state index contributed by atoms with van der Waals surface area (Å²) in [5.74, 6) is 1.49. The second-order valence-electron chi connectivity index (χ2n) is 4.42. The van der Waals surface area contributed by atoms with Crippen molar-refractivity contribution in [1.29, 1.82) is 0 Å². The molecule has 0 aliphatic heterocycles. The molecule has 108 valence electrons. The third kappa shape index (κ3) is 3.71. The number of rotatable bonds is 7. The quantitative estimate of drug-likeness (QED) is 0.834. The molecule has 0 radical (unpaired) electrons. The molecule has 2 rings (SSSR count). The third-order valence-electron chi connectivity index (χ3n) is 2.75. The van der Waals surface area contributed by atoms with Gasteiger partial charge in [-0.2, -0.15) is 0 Å². The SMILES string of the molecule is CCOc1ccccc1OCCn1cc(C(C)N)nn1. The van der Waals surface area contributed by atoms with Crippen molar-refractivity contribution in [2.75, 3.05) is 13.2 Å². The second-order valence-corrected chi connectivity index (χ2v) is 4.42. The lowest BCUT2D eigenvalue weighted by molar-refractivity contribution is 0.261. The van der Waals surface area contributed by atoms with Gasteiger partial charge in [0.25, 0.3) is 0 Å². The Balaban J connectivity index is 1.89. The summed E-state index contributed by atoms with van der Waals surface area (Å²) in [6.07, 6.45) is 1.84. The van der Waals surface area contributed by atoms with Crippen LogP contribution in [0.15, 0.2) is 30.5 Å². The van der Waals surface area contributed by atoms with Crippen molar-refractivity contribution in [3.8, 4) is 11.5 Å². The van der Waals surface area contributed by atoms with E-state index in [-0.39, 0.29) is 6.04 Å². The van der Waals surface area contributed by atoms with Crippen LogP contribution in [0, 0.1) is 0 Å². The monoisotopic (exact) mass is 276 g/mol. The van der Waals surface area contributed by atoms with E-state index in [0.29, 0.717) is 19.8 Å². The smallest absolute Gasteiger partial charge is 0.161 e. The van der Waals surface area contributed by atoms with Gasteiger partial charge in [-0.15, -0.1) is 5.10 Å². The number of ether oxygens (including phenoxy) is 2. The van der Waals surface area contributed by atoms with Crippen LogP contribution in [0.5, 0.6) is 11.5 Å². The highest BCUT2D eigenvalue weighted by Gasteiger charge is 2.06. The van der Waals surface area contributed by atoms with Crippen molar-refractivity contribution in [2.45, 2.75) is 26.4 Å². The van der Waals surface area contributed by atoms with Crippen molar-refractivity contribution < 1.29 is 9.47 Å². The Kier molecular flexibility index (Phi) is 4.95. The van der Waals surface area contributed by atoms with Gasteiger partial charge in [-0.3, -0.25) is 0 Å². The van der Waals surface area contributed by atoms with Gasteiger partial charge in [0.05, 0.1) is 25.0 Å². The van der Waals surface area contributed by atoms with E-state index >= 15 is 0 Å². The maximum atomic E-state index is 5.74. The Hall–Kier alpha value is -2.08. The standard InChI is InChI=1S/C14H20N4O2/c1-3-19-13-6-4-5-7-14(13)20-9-8-18-10-12(11(2)15)16-17-18/h4-7,10-11H,3,8-9,15H2,1-2H3. The maximum Gasteiger partial charge on any atom is 0.161 e. The number of benzene rings is 1. The molecule has 0 aliphatic rings. The number of aromatic nitrogens is 3. The van der Waals surface area contributed by atoms with E-state index in [1.54, 1.807) is 4.68 Å². The normalized spacial score (nSPS) is 12.2. The lowest BCUT2D eigenvalue weighted by atomic mass is 10.3. The van der Waals surface area contributed by atoms with Crippen LogP contribution in [0.4, 0.5) is 0 Å². The van der Waals surface area contributed by atoms with Crippen molar-refractivity contribution in [2.24, 2.45) is 5.73 Å². The summed E-state index contributed by atoms with van der Waals surface area (Å²) in [6.45, 7) is 5.54. The van der Waals surface area contributed by atoms with Crippen molar-refractivity contribution in [1.82, 2.24) is 15.0 Å². The van der Waals surface area contributed by atoms with Crippen molar-refractivity contribution >= 4 is 0 Å². The second kappa shape index (κ2) is 6.91. The van der Waals surface area contributed by atoms with Gasteiger partial charge >= 0.3 is 0 Å². The lowest BCUT2D eigenvalue weighted by Crippen LogP contribution is -2.09. The number of nitrogens with zero attached hydrogens (tertiary/aromatic N) is 3. The largest absolute Gasteiger partial charge is 0.490 e. The van der Waals surface area contributed by atoms with E-state index in [4.69, 9.17) is 15.2 Å².